The molecule has 4 nitrogen and oxygen atoms in total. The van der Waals surface area contributed by atoms with Gasteiger partial charge in [-0.05, 0) is 24.1 Å². The quantitative estimate of drug-likeness (QED) is 0.838. The topological polar surface area (TPSA) is 53.3 Å². The van der Waals surface area contributed by atoms with Crippen LogP contribution in [0.25, 0.3) is 0 Å². The summed E-state index contributed by atoms with van der Waals surface area (Å²) in [5.41, 5.74) is 0.699. The molecule has 19 heavy (non-hydrogen) atoms. The van der Waals surface area contributed by atoms with Crippen molar-refractivity contribution in [3.63, 3.8) is 0 Å². The molecule has 1 aromatic rings. The molecule has 1 fully saturated rings. The summed E-state index contributed by atoms with van der Waals surface area (Å²) in [6.07, 6.45) is 1.000. The van der Waals surface area contributed by atoms with Gasteiger partial charge in [-0.1, -0.05) is 6.07 Å². The lowest BCUT2D eigenvalue weighted by Crippen LogP contribution is -2.38. The van der Waals surface area contributed by atoms with Crippen molar-refractivity contribution in [2.75, 3.05) is 13.7 Å². The molecule has 0 bridgehead atoms. The number of hydrogen-bond acceptors (Lipinski definition) is 3. The Hall–Kier alpha value is -2.09. The molecule has 0 aromatic heterocycles. The molecule has 0 aliphatic carbocycles. The fraction of sp³-hybridized carbons (Fsp3) is 0.429. The van der Waals surface area contributed by atoms with E-state index in [2.05, 4.69) is 6.07 Å². The molecule has 1 aliphatic rings. The maximum atomic E-state index is 13.6. The number of amides is 1. The van der Waals surface area contributed by atoms with Crippen LogP contribution in [0.5, 0.6) is 5.75 Å². The summed E-state index contributed by atoms with van der Waals surface area (Å²) in [4.78, 5) is 13.4. The molecule has 1 aromatic carbocycles. The highest BCUT2D eigenvalue weighted by atomic mass is 19.1. The van der Waals surface area contributed by atoms with Crippen LogP contribution in [0.3, 0.4) is 0 Å². The number of carbonyl (C=O) groups is 1. The van der Waals surface area contributed by atoms with E-state index in [-0.39, 0.29) is 17.6 Å². The standard InChI is InChI=1S/C14H15FN2O2/c1-19-13-4-2-10(6-12(13)15)8-17-9-11(7-16)3-5-14(17)18/h2,4,6,11H,3,5,8-9H2,1H3. The minimum atomic E-state index is -0.443. The van der Waals surface area contributed by atoms with Crippen molar-refractivity contribution in [1.82, 2.24) is 4.90 Å². The number of nitriles is 1. The van der Waals surface area contributed by atoms with Gasteiger partial charge in [0.05, 0.1) is 19.1 Å². The first-order valence-corrected chi connectivity index (χ1v) is 6.14. The van der Waals surface area contributed by atoms with Gasteiger partial charge >= 0.3 is 0 Å². The van der Waals surface area contributed by atoms with Crippen LogP contribution >= 0.6 is 0 Å². The first-order valence-electron chi connectivity index (χ1n) is 6.14. The molecule has 1 heterocycles. The summed E-state index contributed by atoms with van der Waals surface area (Å²) in [5.74, 6) is -0.367. The van der Waals surface area contributed by atoms with Gasteiger partial charge in [-0.3, -0.25) is 4.79 Å². The molecule has 1 unspecified atom stereocenters. The Bertz CT molecular complexity index is 525. The third kappa shape index (κ3) is 3.02. The summed E-state index contributed by atoms with van der Waals surface area (Å²) in [5, 5.41) is 8.91. The minimum absolute atomic E-state index is 0.0164. The third-order valence-electron chi connectivity index (χ3n) is 3.27. The van der Waals surface area contributed by atoms with Gasteiger partial charge in [0.1, 0.15) is 0 Å². The lowest BCUT2D eigenvalue weighted by Gasteiger charge is -2.29. The highest BCUT2D eigenvalue weighted by Gasteiger charge is 2.25. The molecule has 100 valence electrons. The van der Waals surface area contributed by atoms with E-state index in [0.717, 1.165) is 0 Å². The van der Waals surface area contributed by atoms with Crippen molar-refractivity contribution in [3.05, 3.63) is 29.6 Å². The number of piperidine rings is 1. The molecular weight excluding hydrogens is 247 g/mol. The maximum Gasteiger partial charge on any atom is 0.222 e. The van der Waals surface area contributed by atoms with Crippen LogP contribution in [0.15, 0.2) is 18.2 Å². The third-order valence-corrected chi connectivity index (χ3v) is 3.27. The monoisotopic (exact) mass is 262 g/mol. The summed E-state index contributed by atoms with van der Waals surface area (Å²) in [7, 11) is 1.41. The fourth-order valence-corrected chi connectivity index (χ4v) is 2.20. The summed E-state index contributed by atoms with van der Waals surface area (Å²) in [6.45, 7) is 0.751. The van der Waals surface area contributed by atoms with Gasteiger partial charge in [-0.15, -0.1) is 0 Å². The average molecular weight is 262 g/mol. The van der Waals surface area contributed by atoms with Crippen LogP contribution in [0.4, 0.5) is 4.39 Å². The SMILES string of the molecule is COc1ccc(CN2CC(C#N)CCC2=O)cc1F. The molecule has 1 amide bonds. The van der Waals surface area contributed by atoms with Crippen LogP contribution in [-0.2, 0) is 11.3 Å². The van der Waals surface area contributed by atoms with Crippen LogP contribution in [0.1, 0.15) is 18.4 Å². The number of likely N-dealkylation sites (tertiary alicyclic amines) is 1. The van der Waals surface area contributed by atoms with E-state index < -0.39 is 5.82 Å². The first-order chi connectivity index (χ1) is 9.13. The maximum absolute atomic E-state index is 13.6. The molecule has 2 rings (SSSR count). The van der Waals surface area contributed by atoms with E-state index >= 15 is 0 Å². The van der Waals surface area contributed by atoms with Crippen molar-refractivity contribution in [3.8, 4) is 11.8 Å². The highest BCUT2D eigenvalue weighted by Crippen LogP contribution is 2.22. The Morgan fingerprint density at radius 2 is 2.37 bits per heavy atom. The second-order valence-corrected chi connectivity index (χ2v) is 4.61. The predicted molar refractivity (Wildman–Crippen MR) is 66.7 cm³/mol. The Morgan fingerprint density at radius 3 is 3.00 bits per heavy atom. The lowest BCUT2D eigenvalue weighted by atomic mass is 9.98. The Kier molecular flexibility index (Phi) is 4.00. The number of halogens is 1. The van der Waals surface area contributed by atoms with E-state index in [9.17, 15) is 9.18 Å². The second-order valence-electron chi connectivity index (χ2n) is 4.61. The Balaban J connectivity index is 2.09. The van der Waals surface area contributed by atoms with Crippen molar-refractivity contribution in [2.45, 2.75) is 19.4 Å². The number of nitrogens with zero attached hydrogens (tertiary/aromatic N) is 2. The average Bonchev–Trinajstić information content (AvgIpc) is 2.41. The highest BCUT2D eigenvalue weighted by molar-refractivity contribution is 5.77. The molecule has 0 radical (unpaired) electrons. The van der Waals surface area contributed by atoms with Gasteiger partial charge in [0, 0.05) is 19.5 Å². The van der Waals surface area contributed by atoms with Gasteiger partial charge < -0.3 is 9.64 Å². The normalized spacial score (nSPS) is 19.1. The number of rotatable bonds is 3. The Morgan fingerprint density at radius 1 is 1.58 bits per heavy atom. The zero-order valence-electron chi connectivity index (χ0n) is 10.7. The number of methoxy groups -OCH3 is 1. The van der Waals surface area contributed by atoms with E-state index in [0.29, 0.717) is 31.5 Å². The van der Waals surface area contributed by atoms with E-state index in [1.54, 1.807) is 17.0 Å². The van der Waals surface area contributed by atoms with Gasteiger partial charge in [0.2, 0.25) is 5.91 Å². The molecule has 0 N–H and O–H groups in total. The van der Waals surface area contributed by atoms with Gasteiger partial charge in [0.15, 0.2) is 11.6 Å². The number of benzene rings is 1. The van der Waals surface area contributed by atoms with Crippen molar-refractivity contribution in [1.29, 1.82) is 5.26 Å². The van der Waals surface area contributed by atoms with Gasteiger partial charge in [-0.25, -0.2) is 4.39 Å². The zero-order chi connectivity index (χ0) is 13.8. The lowest BCUT2D eigenvalue weighted by molar-refractivity contribution is -0.134. The van der Waals surface area contributed by atoms with Crippen LogP contribution in [0, 0.1) is 23.1 Å². The zero-order valence-corrected chi connectivity index (χ0v) is 10.7. The number of hydrogen-bond donors (Lipinski definition) is 0. The molecule has 1 aliphatic heterocycles. The van der Waals surface area contributed by atoms with E-state index in [1.807, 2.05) is 0 Å². The van der Waals surface area contributed by atoms with Crippen molar-refractivity contribution >= 4 is 5.91 Å². The van der Waals surface area contributed by atoms with E-state index in [4.69, 9.17) is 10.00 Å². The number of ether oxygens (including phenoxy) is 1. The predicted octanol–water partition coefficient (Wildman–Crippen LogP) is 2.10. The summed E-state index contributed by atoms with van der Waals surface area (Å²) in [6, 6.07) is 6.81. The van der Waals surface area contributed by atoms with Gasteiger partial charge in [0.25, 0.3) is 0 Å². The summed E-state index contributed by atoms with van der Waals surface area (Å²) < 4.78 is 18.4. The van der Waals surface area contributed by atoms with Crippen molar-refractivity contribution in [2.24, 2.45) is 5.92 Å². The van der Waals surface area contributed by atoms with Crippen LogP contribution in [-0.4, -0.2) is 24.5 Å². The molecule has 0 spiro atoms. The van der Waals surface area contributed by atoms with Crippen LogP contribution < -0.4 is 4.74 Å². The fourth-order valence-electron chi connectivity index (χ4n) is 2.20. The molecule has 1 atom stereocenters. The Labute approximate surface area is 111 Å². The molecule has 0 saturated carbocycles. The largest absolute Gasteiger partial charge is 0.494 e. The first kappa shape index (κ1) is 13.3. The van der Waals surface area contributed by atoms with E-state index in [1.165, 1.54) is 13.2 Å². The van der Waals surface area contributed by atoms with Crippen molar-refractivity contribution < 1.29 is 13.9 Å². The molecule has 5 heteroatoms. The van der Waals surface area contributed by atoms with Gasteiger partial charge in [-0.2, -0.15) is 5.26 Å². The molecular formula is C14H15FN2O2. The minimum Gasteiger partial charge on any atom is -0.494 e. The second kappa shape index (κ2) is 5.70. The summed E-state index contributed by atoms with van der Waals surface area (Å²) >= 11 is 0. The molecule has 1 saturated heterocycles. The number of carbonyl (C=O) groups excluding carboxylic acids is 1. The smallest absolute Gasteiger partial charge is 0.222 e. The van der Waals surface area contributed by atoms with Crippen LogP contribution in [0.2, 0.25) is 0 Å².